The van der Waals surface area contributed by atoms with E-state index >= 15 is 0 Å². The molecule has 1 N–H and O–H groups in total. The molecule has 80 valence electrons. The van der Waals surface area contributed by atoms with Crippen LogP contribution in [-0.4, -0.2) is 12.1 Å². The van der Waals surface area contributed by atoms with E-state index in [0.717, 1.165) is 0 Å². The van der Waals surface area contributed by atoms with Crippen molar-refractivity contribution in [2.24, 2.45) is 11.0 Å². The van der Waals surface area contributed by atoms with Crippen LogP contribution in [0.5, 0.6) is 0 Å². The first-order chi connectivity index (χ1) is 7.11. The molecule has 0 atom stereocenters. The smallest absolute Gasteiger partial charge is 0.267 e. The van der Waals surface area contributed by atoms with E-state index in [-0.39, 0.29) is 11.5 Å². The minimum Gasteiger partial charge on any atom is -0.267 e. The number of hydrazone groups is 1. The lowest BCUT2D eigenvalue weighted by Crippen LogP contribution is -2.19. The molecule has 0 aliphatic rings. The van der Waals surface area contributed by atoms with Gasteiger partial charge in [0.1, 0.15) is 5.82 Å². The van der Waals surface area contributed by atoms with Crippen LogP contribution in [0, 0.1) is 11.7 Å². The maximum absolute atomic E-state index is 13.1. The minimum absolute atomic E-state index is 0.00148. The Hall–Kier alpha value is -1.71. The van der Waals surface area contributed by atoms with E-state index < -0.39 is 11.7 Å². The summed E-state index contributed by atoms with van der Waals surface area (Å²) >= 11 is 0. The van der Waals surface area contributed by atoms with Crippen LogP contribution in [0.1, 0.15) is 24.2 Å². The van der Waals surface area contributed by atoms with Gasteiger partial charge in [0.05, 0.1) is 5.56 Å². The van der Waals surface area contributed by atoms with E-state index in [1.807, 2.05) is 13.8 Å². The number of nitrogens with zero attached hydrogens (tertiary/aromatic N) is 1. The molecular weight excluding hydrogens is 195 g/mol. The number of nitrogens with one attached hydrogen (secondary N) is 1. The van der Waals surface area contributed by atoms with Gasteiger partial charge in [0.25, 0.3) is 5.91 Å². The van der Waals surface area contributed by atoms with Gasteiger partial charge in [-0.2, -0.15) is 5.10 Å². The van der Waals surface area contributed by atoms with Crippen LogP contribution >= 0.6 is 0 Å². The third kappa shape index (κ3) is 3.50. The van der Waals surface area contributed by atoms with E-state index in [1.165, 1.54) is 18.2 Å². The molecule has 1 aromatic carbocycles. The van der Waals surface area contributed by atoms with Gasteiger partial charge >= 0.3 is 0 Å². The summed E-state index contributed by atoms with van der Waals surface area (Å²) < 4.78 is 13.1. The van der Waals surface area contributed by atoms with Crippen molar-refractivity contribution in [3.05, 3.63) is 35.6 Å². The average molecular weight is 208 g/mol. The molecule has 0 aliphatic heterocycles. The molecule has 0 spiro atoms. The Morgan fingerprint density at radius 1 is 1.47 bits per heavy atom. The number of carbonyl (C=O) groups is 1. The highest BCUT2D eigenvalue weighted by atomic mass is 19.1. The molecule has 0 aromatic heterocycles. The highest BCUT2D eigenvalue weighted by Crippen LogP contribution is 2.05. The van der Waals surface area contributed by atoms with Gasteiger partial charge in [-0.1, -0.05) is 26.0 Å². The van der Waals surface area contributed by atoms with Crippen LogP contribution in [0.4, 0.5) is 4.39 Å². The van der Waals surface area contributed by atoms with E-state index in [4.69, 9.17) is 0 Å². The van der Waals surface area contributed by atoms with Crippen molar-refractivity contribution in [3.63, 3.8) is 0 Å². The van der Waals surface area contributed by atoms with E-state index in [2.05, 4.69) is 10.5 Å². The molecular formula is C11H13FN2O. The average Bonchev–Trinajstić information content (AvgIpc) is 2.17. The summed E-state index contributed by atoms with van der Waals surface area (Å²) in [4.78, 5) is 11.4. The zero-order valence-corrected chi connectivity index (χ0v) is 8.70. The largest absolute Gasteiger partial charge is 0.274 e. The molecule has 0 aliphatic carbocycles. The molecule has 0 bridgehead atoms. The first-order valence-corrected chi connectivity index (χ1v) is 4.69. The van der Waals surface area contributed by atoms with Crippen LogP contribution < -0.4 is 5.43 Å². The van der Waals surface area contributed by atoms with Gasteiger partial charge in [-0.25, -0.2) is 9.82 Å². The minimum atomic E-state index is -0.547. The second-order valence-electron chi connectivity index (χ2n) is 3.44. The fraction of sp³-hybridized carbons (Fsp3) is 0.273. The number of hydrogen-bond acceptors (Lipinski definition) is 2. The highest BCUT2D eigenvalue weighted by molar-refractivity contribution is 5.94. The summed E-state index contributed by atoms with van der Waals surface area (Å²) in [5, 5.41) is 3.70. The summed E-state index contributed by atoms with van der Waals surface area (Å²) in [7, 11) is 0. The molecule has 3 nitrogen and oxygen atoms in total. The topological polar surface area (TPSA) is 41.5 Å². The van der Waals surface area contributed by atoms with Crippen molar-refractivity contribution in [1.82, 2.24) is 5.43 Å². The Labute approximate surface area is 88.0 Å². The molecule has 0 fully saturated rings. The number of amides is 1. The first-order valence-electron chi connectivity index (χ1n) is 4.69. The van der Waals surface area contributed by atoms with Crippen molar-refractivity contribution in [1.29, 1.82) is 0 Å². The fourth-order valence-corrected chi connectivity index (χ4v) is 0.951. The maximum atomic E-state index is 13.1. The van der Waals surface area contributed by atoms with Gasteiger partial charge in [-0.15, -0.1) is 0 Å². The Morgan fingerprint density at radius 2 is 2.13 bits per heavy atom. The highest BCUT2D eigenvalue weighted by Gasteiger charge is 2.08. The summed E-state index contributed by atoms with van der Waals surface area (Å²) in [6.45, 7) is 3.86. The predicted octanol–water partition coefficient (Wildman–Crippen LogP) is 2.20. The van der Waals surface area contributed by atoms with Crippen molar-refractivity contribution >= 4 is 12.1 Å². The molecule has 0 unspecified atom stereocenters. The summed E-state index contributed by atoms with van der Waals surface area (Å²) in [5.74, 6) is -0.842. The lowest BCUT2D eigenvalue weighted by molar-refractivity contribution is 0.0951. The third-order valence-corrected chi connectivity index (χ3v) is 1.66. The van der Waals surface area contributed by atoms with E-state index in [1.54, 1.807) is 12.3 Å². The second-order valence-corrected chi connectivity index (χ2v) is 3.44. The van der Waals surface area contributed by atoms with Gasteiger partial charge in [-0.3, -0.25) is 4.79 Å². The number of rotatable bonds is 3. The quantitative estimate of drug-likeness (QED) is 0.600. The van der Waals surface area contributed by atoms with Gasteiger partial charge < -0.3 is 0 Å². The molecule has 1 rings (SSSR count). The zero-order chi connectivity index (χ0) is 11.3. The van der Waals surface area contributed by atoms with Crippen molar-refractivity contribution in [3.8, 4) is 0 Å². The summed E-state index contributed by atoms with van der Waals surface area (Å²) in [6, 6.07) is 5.78. The number of benzene rings is 1. The van der Waals surface area contributed by atoms with Gasteiger partial charge in [0.2, 0.25) is 0 Å². The molecule has 0 radical (unpaired) electrons. The standard InChI is InChI=1S/C11H13FN2O/c1-8(2)7-13-14-11(15)9-5-3-4-6-10(9)12/h3-8H,1-2H3,(H,14,15). The van der Waals surface area contributed by atoms with Crippen LogP contribution in [0.15, 0.2) is 29.4 Å². The SMILES string of the molecule is CC(C)C=NNC(=O)c1ccccc1F. The Morgan fingerprint density at radius 3 is 2.73 bits per heavy atom. The number of hydrogen-bond donors (Lipinski definition) is 1. The molecule has 0 heterocycles. The molecule has 1 aromatic rings. The third-order valence-electron chi connectivity index (χ3n) is 1.66. The Bertz CT molecular complexity index is 375. The van der Waals surface area contributed by atoms with Crippen LogP contribution in [-0.2, 0) is 0 Å². The van der Waals surface area contributed by atoms with Crippen LogP contribution in [0.3, 0.4) is 0 Å². The summed E-state index contributed by atoms with van der Waals surface area (Å²) in [6.07, 6.45) is 1.58. The normalized spacial score (nSPS) is 10.9. The molecule has 15 heavy (non-hydrogen) atoms. The van der Waals surface area contributed by atoms with Gasteiger partial charge in [0, 0.05) is 6.21 Å². The number of carbonyl (C=O) groups excluding carboxylic acids is 1. The van der Waals surface area contributed by atoms with E-state index in [9.17, 15) is 9.18 Å². The van der Waals surface area contributed by atoms with E-state index in [0.29, 0.717) is 0 Å². The van der Waals surface area contributed by atoms with Crippen LogP contribution in [0.2, 0.25) is 0 Å². The number of halogens is 1. The molecule has 1 amide bonds. The van der Waals surface area contributed by atoms with Gasteiger partial charge in [-0.05, 0) is 18.1 Å². The monoisotopic (exact) mass is 208 g/mol. The Balaban J connectivity index is 2.66. The van der Waals surface area contributed by atoms with Crippen molar-refractivity contribution in [2.75, 3.05) is 0 Å². The molecule has 0 saturated carbocycles. The zero-order valence-electron chi connectivity index (χ0n) is 8.70. The van der Waals surface area contributed by atoms with Gasteiger partial charge in [0.15, 0.2) is 0 Å². The fourth-order valence-electron chi connectivity index (χ4n) is 0.951. The molecule has 0 saturated heterocycles. The lowest BCUT2D eigenvalue weighted by Gasteiger charge is -2.01. The van der Waals surface area contributed by atoms with Crippen LogP contribution in [0.25, 0.3) is 0 Å². The Kier molecular flexibility index (Phi) is 3.97. The molecule has 4 heteroatoms. The summed E-state index contributed by atoms with van der Waals surface area (Å²) in [5.41, 5.74) is 2.26. The first kappa shape index (κ1) is 11.4. The second kappa shape index (κ2) is 5.24. The predicted molar refractivity (Wildman–Crippen MR) is 57.2 cm³/mol. The maximum Gasteiger partial charge on any atom is 0.274 e. The van der Waals surface area contributed by atoms with Crippen molar-refractivity contribution in [2.45, 2.75) is 13.8 Å². The van der Waals surface area contributed by atoms with Crippen molar-refractivity contribution < 1.29 is 9.18 Å². The lowest BCUT2D eigenvalue weighted by atomic mass is 10.2.